The Hall–Kier alpha value is -2.24. The molecule has 0 amide bonds. The predicted octanol–water partition coefficient (Wildman–Crippen LogP) is 1.89. The molecule has 0 aromatic carbocycles. The standard InChI is InChI=1S/C17H21N5O/c1-12-10-15(20-17(19-12)13-6-7-13)21-9-3-4-14(21)11-22-16(23)5-2-8-18-22/h2,5,8,10,13-14H,3-4,6-7,9,11H2,1H3. The van der Waals surface area contributed by atoms with Gasteiger partial charge in [-0.2, -0.15) is 5.10 Å². The van der Waals surface area contributed by atoms with Gasteiger partial charge < -0.3 is 4.90 Å². The summed E-state index contributed by atoms with van der Waals surface area (Å²) in [4.78, 5) is 23.6. The Kier molecular flexibility index (Phi) is 3.59. The van der Waals surface area contributed by atoms with Crippen LogP contribution in [0.25, 0.3) is 0 Å². The van der Waals surface area contributed by atoms with Crippen LogP contribution in [0.4, 0.5) is 5.82 Å². The lowest BCUT2D eigenvalue weighted by molar-refractivity contribution is 0.486. The van der Waals surface area contributed by atoms with Crippen LogP contribution in [0.1, 0.15) is 43.1 Å². The number of aromatic nitrogens is 4. The van der Waals surface area contributed by atoms with E-state index in [9.17, 15) is 4.79 Å². The van der Waals surface area contributed by atoms with E-state index in [0.717, 1.165) is 36.7 Å². The van der Waals surface area contributed by atoms with Gasteiger partial charge in [-0.25, -0.2) is 14.6 Å². The zero-order chi connectivity index (χ0) is 15.8. The molecule has 2 fully saturated rings. The largest absolute Gasteiger partial charge is 0.352 e. The molecule has 2 aliphatic rings. The quantitative estimate of drug-likeness (QED) is 0.863. The Morgan fingerprint density at radius 2 is 2.13 bits per heavy atom. The van der Waals surface area contributed by atoms with Crippen molar-refractivity contribution in [2.24, 2.45) is 0 Å². The lowest BCUT2D eigenvalue weighted by atomic mass is 10.2. The highest BCUT2D eigenvalue weighted by molar-refractivity contribution is 5.43. The molecule has 6 heteroatoms. The van der Waals surface area contributed by atoms with Gasteiger partial charge in [-0.3, -0.25) is 4.79 Å². The maximum Gasteiger partial charge on any atom is 0.266 e. The normalized spacial score (nSPS) is 20.9. The third-order valence-electron chi connectivity index (χ3n) is 4.64. The molecule has 0 radical (unpaired) electrons. The third kappa shape index (κ3) is 2.98. The van der Waals surface area contributed by atoms with Crippen LogP contribution in [0.5, 0.6) is 0 Å². The summed E-state index contributed by atoms with van der Waals surface area (Å²) in [6.45, 7) is 3.62. The van der Waals surface area contributed by atoms with Gasteiger partial charge in [0.1, 0.15) is 11.6 Å². The SMILES string of the molecule is Cc1cc(N2CCCC2Cn2ncccc2=O)nc(C2CC2)n1. The van der Waals surface area contributed by atoms with E-state index < -0.39 is 0 Å². The van der Waals surface area contributed by atoms with Crippen LogP contribution in [-0.4, -0.2) is 32.3 Å². The van der Waals surface area contributed by atoms with Crippen LogP contribution in [0.3, 0.4) is 0 Å². The number of hydrogen-bond acceptors (Lipinski definition) is 5. The minimum atomic E-state index is -0.0445. The fraction of sp³-hybridized carbons (Fsp3) is 0.529. The van der Waals surface area contributed by atoms with Crippen molar-refractivity contribution in [3.05, 3.63) is 46.3 Å². The topological polar surface area (TPSA) is 63.9 Å². The summed E-state index contributed by atoms with van der Waals surface area (Å²) in [6, 6.07) is 5.57. The van der Waals surface area contributed by atoms with E-state index in [2.05, 4.69) is 21.0 Å². The van der Waals surface area contributed by atoms with E-state index in [1.165, 1.54) is 12.8 Å². The summed E-state index contributed by atoms with van der Waals surface area (Å²) in [5, 5.41) is 4.19. The number of rotatable bonds is 4. The van der Waals surface area contributed by atoms with Gasteiger partial charge in [0.05, 0.1) is 12.6 Å². The minimum Gasteiger partial charge on any atom is -0.352 e. The number of hydrogen-bond donors (Lipinski definition) is 0. The molecular weight excluding hydrogens is 290 g/mol. The Morgan fingerprint density at radius 1 is 1.26 bits per heavy atom. The maximum atomic E-state index is 11.9. The first-order chi connectivity index (χ1) is 11.2. The molecule has 23 heavy (non-hydrogen) atoms. The monoisotopic (exact) mass is 311 g/mol. The van der Waals surface area contributed by atoms with Crippen LogP contribution < -0.4 is 10.5 Å². The summed E-state index contributed by atoms with van der Waals surface area (Å²) in [6.07, 6.45) is 6.25. The average molecular weight is 311 g/mol. The smallest absolute Gasteiger partial charge is 0.266 e. The molecule has 120 valence electrons. The molecule has 1 aliphatic heterocycles. The molecule has 1 atom stereocenters. The maximum absolute atomic E-state index is 11.9. The average Bonchev–Trinajstić information content (AvgIpc) is 3.29. The molecule has 1 aliphatic carbocycles. The van der Waals surface area contributed by atoms with Crippen molar-refractivity contribution in [1.82, 2.24) is 19.7 Å². The second-order valence-corrected chi connectivity index (χ2v) is 6.53. The van der Waals surface area contributed by atoms with E-state index >= 15 is 0 Å². The van der Waals surface area contributed by atoms with Crippen LogP contribution in [0.15, 0.2) is 29.2 Å². The fourth-order valence-electron chi connectivity index (χ4n) is 3.30. The van der Waals surface area contributed by atoms with Crippen LogP contribution in [-0.2, 0) is 6.54 Å². The number of anilines is 1. The number of nitrogens with zero attached hydrogens (tertiary/aromatic N) is 5. The summed E-state index contributed by atoms with van der Waals surface area (Å²) >= 11 is 0. The zero-order valence-electron chi connectivity index (χ0n) is 13.4. The minimum absolute atomic E-state index is 0.0445. The molecule has 0 spiro atoms. The first kappa shape index (κ1) is 14.4. The molecule has 0 N–H and O–H groups in total. The van der Waals surface area contributed by atoms with Crippen LogP contribution >= 0.6 is 0 Å². The van der Waals surface area contributed by atoms with Gasteiger partial charge in [-0.1, -0.05) is 0 Å². The number of aryl methyl sites for hydroxylation is 1. The van der Waals surface area contributed by atoms with E-state index in [1.807, 2.05) is 6.92 Å². The molecule has 1 saturated heterocycles. The molecule has 2 aromatic rings. The van der Waals surface area contributed by atoms with Crippen molar-refractivity contribution in [3.63, 3.8) is 0 Å². The molecule has 1 unspecified atom stereocenters. The van der Waals surface area contributed by atoms with Crippen molar-refractivity contribution in [1.29, 1.82) is 0 Å². The second kappa shape index (κ2) is 5.76. The summed E-state index contributed by atoms with van der Waals surface area (Å²) in [5.74, 6) is 2.54. The first-order valence-electron chi connectivity index (χ1n) is 8.35. The Balaban J connectivity index is 1.60. The summed E-state index contributed by atoms with van der Waals surface area (Å²) < 4.78 is 1.55. The molecule has 4 rings (SSSR count). The second-order valence-electron chi connectivity index (χ2n) is 6.53. The van der Waals surface area contributed by atoms with Gasteiger partial charge in [0.2, 0.25) is 0 Å². The van der Waals surface area contributed by atoms with Crippen molar-refractivity contribution < 1.29 is 0 Å². The fourth-order valence-corrected chi connectivity index (χ4v) is 3.30. The highest BCUT2D eigenvalue weighted by Gasteiger charge is 2.30. The van der Waals surface area contributed by atoms with Crippen molar-refractivity contribution in [2.75, 3.05) is 11.4 Å². The van der Waals surface area contributed by atoms with Gasteiger partial charge in [-0.15, -0.1) is 0 Å². The van der Waals surface area contributed by atoms with Crippen molar-refractivity contribution in [3.8, 4) is 0 Å². The highest BCUT2D eigenvalue weighted by atomic mass is 16.1. The van der Waals surface area contributed by atoms with Crippen LogP contribution in [0, 0.1) is 6.92 Å². The van der Waals surface area contributed by atoms with Gasteiger partial charge in [0.25, 0.3) is 5.56 Å². The van der Waals surface area contributed by atoms with Crippen molar-refractivity contribution >= 4 is 5.82 Å². The van der Waals surface area contributed by atoms with Crippen LogP contribution in [0.2, 0.25) is 0 Å². The molecule has 3 heterocycles. The Labute approximate surface area is 135 Å². The van der Waals surface area contributed by atoms with Gasteiger partial charge in [-0.05, 0) is 38.7 Å². The predicted molar refractivity (Wildman–Crippen MR) is 87.6 cm³/mol. The molecule has 0 bridgehead atoms. The molecule has 1 saturated carbocycles. The van der Waals surface area contributed by atoms with E-state index in [-0.39, 0.29) is 11.6 Å². The lowest BCUT2D eigenvalue weighted by Gasteiger charge is -2.26. The van der Waals surface area contributed by atoms with Crippen molar-refractivity contribution in [2.45, 2.75) is 51.1 Å². The lowest BCUT2D eigenvalue weighted by Crippen LogP contribution is -2.37. The molecule has 2 aromatic heterocycles. The molecular formula is C17H21N5O. The summed E-state index contributed by atoms with van der Waals surface area (Å²) in [7, 11) is 0. The zero-order valence-corrected chi connectivity index (χ0v) is 13.4. The Bertz CT molecular complexity index is 768. The highest BCUT2D eigenvalue weighted by Crippen LogP contribution is 2.39. The van der Waals surface area contributed by atoms with Gasteiger partial charge in [0.15, 0.2) is 0 Å². The molecule has 6 nitrogen and oxygen atoms in total. The van der Waals surface area contributed by atoms with E-state index in [1.54, 1.807) is 23.0 Å². The Morgan fingerprint density at radius 3 is 2.91 bits per heavy atom. The third-order valence-corrected chi connectivity index (χ3v) is 4.64. The van der Waals surface area contributed by atoms with Gasteiger partial charge in [0, 0.05) is 36.5 Å². The van der Waals surface area contributed by atoms with Gasteiger partial charge >= 0.3 is 0 Å². The first-order valence-corrected chi connectivity index (χ1v) is 8.35. The van der Waals surface area contributed by atoms with E-state index in [0.29, 0.717) is 12.5 Å². The van der Waals surface area contributed by atoms with E-state index in [4.69, 9.17) is 4.98 Å². The summed E-state index contributed by atoms with van der Waals surface area (Å²) in [5.41, 5.74) is 0.981.